The zero-order valence-electron chi connectivity index (χ0n) is 14.8. The molecule has 1 aliphatic heterocycles. The van der Waals surface area contributed by atoms with E-state index in [1.54, 1.807) is 7.11 Å². The van der Waals surface area contributed by atoms with E-state index >= 15 is 0 Å². The fraction of sp³-hybridized carbons (Fsp3) is 0.867. The number of hydrogen-bond acceptors (Lipinski definition) is 5. The van der Waals surface area contributed by atoms with E-state index in [4.69, 9.17) is 9.47 Å². The summed E-state index contributed by atoms with van der Waals surface area (Å²) >= 11 is 0. The minimum atomic E-state index is -0.104. The van der Waals surface area contributed by atoms with Gasteiger partial charge in [0.2, 0.25) is 5.91 Å². The molecule has 0 unspecified atom stereocenters. The van der Waals surface area contributed by atoms with E-state index in [-0.39, 0.29) is 36.4 Å². The zero-order chi connectivity index (χ0) is 16.8. The maximum absolute atomic E-state index is 11.6. The number of aliphatic imine (C=N–C) groups is 1. The van der Waals surface area contributed by atoms with E-state index in [9.17, 15) is 4.79 Å². The van der Waals surface area contributed by atoms with Crippen molar-refractivity contribution in [3.8, 4) is 0 Å². The Kier molecular flexibility index (Phi) is 15.4. The van der Waals surface area contributed by atoms with E-state index < -0.39 is 0 Å². The van der Waals surface area contributed by atoms with Gasteiger partial charge < -0.3 is 25.4 Å². The highest BCUT2D eigenvalue weighted by atomic mass is 127. The van der Waals surface area contributed by atoms with Gasteiger partial charge in [0, 0.05) is 39.8 Å². The lowest BCUT2D eigenvalue weighted by molar-refractivity contribution is -0.119. The van der Waals surface area contributed by atoms with Crippen LogP contribution in [0.1, 0.15) is 13.3 Å². The molecule has 3 N–H and O–H groups in total. The Bertz CT molecular complexity index is 352. The first-order chi connectivity index (χ1) is 11.3. The molecular formula is C15H32IN5O3. The summed E-state index contributed by atoms with van der Waals surface area (Å²) < 4.78 is 10.2. The summed E-state index contributed by atoms with van der Waals surface area (Å²) in [6.07, 6.45) is 1.03. The van der Waals surface area contributed by atoms with Crippen molar-refractivity contribution in [2.24, 2.45) is 4.99 Å². The molecule has 0 aromatic heterocycles. The van der Waals surface area contributed by atoms with Crippen LogP contribution in [0.25, 0.3) is 0 Å². The highest BCUT2D eigenvalue weighted by molar-refractivity contribution is 14.0. The Morgan fingerprint density at radius 2 is 1.96 bits per heavy atom. The quantitative estimate of drug-likeness (QED) is 0.180. The van der Waals surface area contributed by atoms with Crippen molar-refractivity contribution >= 4 is 35.8 Å². The molecule has 8 nitrogen and oxygen atoms in total. The summed E-state index contributed by atoms with van der Waals surface area (Å²) in [4.78, 5) is 18.3. The highest BCUT2D eigenvalue weighted by Gasteiger charge is 2.09. The number of carbonyl (C=O) groups is 1. The van der Waals surface area contributed by atoms with Crippen LogP contribution in [0.2, 0.25) is 0 Å². The van der Waals surface area contributed by atoms with Gasteiger partial charge in [-0.2, -0.15) is 0 Å². The Morgan fingerprint density at radius 3 is 2.62 bits per heavy atom. The van der Waals surface area contributed by atoms with Crippen LogP contribution in [0.5, 0.6) is 0 Å². The van der Waals surface area contributed by atoms with Crippen LogP contribution in [0.4, 0.5) is 0 Å². The summed E-state index contributed by atoms with van der Waals surface area (Å²) in [6.45, 7) is 9.45. The fourth-order valence-electron chi connectivity index (χ4n) is 2.18. The number of amides is 1. The smallest absolute Gasteiger partial charge is 0.241 e. The number of nitrogens with zero attached hydrogens (tertiary/aromatic N) is 2. The first kappa shape index (κ1) is 23.4. The molecular weight excluding hydrogens is 425 g/mol. The molecule has 0 spiro atoms. The molecule has 1 heterocycles. The summed E-state index contributed by atoms with van der Waals surface area (Å²) in [6, 6.07) is 0. The summed E-state index contributed by atoms with van der Waals surface area (Å²) in [5, 5.41) is 9.15. The first-order valence-electron chi connectivity index (χ1n) is 8.34. The Morgan fingerprint density at radius 1 is 1.21 bits per heavy atom. The second kappa shape index (κ2) is 15.9. The number of carbonyl (C=O) groups excluding carboxylic acids is 1. The maximum Gasteiger partial charge on any atom is 0.241 e. The average molecular weight is 457 g/mol. The van der Waals surface area contributed by atoms with Gasteiger partial charge in [-0.15, -0.1) is 24.0 Å². The minimum Gasteiger partial charge on any atom is -0.383 e. The standard InChI is InChI=1S/C15H31N5O3.HI/c1-3-16-15(19-13-14(21)17-6-10-22-2)18-5-4-7-20-8-11-23-12-9-20;/h3-13H2,1-2H3,(H,17,21)(H2,16,18,19);1H. The lowest BCUT2D eigenvalue weighted by Gasteiger charge is -2.26. The molecule has 1 fully saturated rings. The third-order valence-electron chi connectivity index (χ3n) is 3.40. The lowest BCUT2D eigenvalue weighted by Crippen LogP contribution is -2.41. The molecule has 0 atom stereocenters. The molecule has 0 aromatic rings. The van der Waals surface area contributed by atoms with Crippen LogP contribution in [-0.4, -0.2) is 89.5 Å². The van der Waals surface area contributed by atoms with Gasteiger partial charge in [0.25, 0.3) is 0 Å². The Labute approximate surface area is 162 Å². The van der Waals surface area contributed by atoms with Crippen molar-refractivity contribution in [2.45, 2.75) is 13.3 Å². The van der Waals surface area contributed by atoms with E-state index in [1.807, 2.05) is 6.92 Å². The molecule has 24 heavy (non-hydrogen) atoms. The van der Waals surface area contributed by atoms with Crippen LogP contribution in [-0.2, 0) is 14.3 Å². The number of halogens is 1. The van der Waals surface area contributed by atoms with Gasteiger partial charge in [-0.1, -0.05) is 0 Å². The van der Waals surface area contributed by atoms with Gasteiger partial charge >= 0.3 is 0 Å². The molecule has 1 rings (SSSR count). The second-order valence-corrected chi connectivity index (χ2v) is 5.27. The number of guanidine groups is 1. The lowest BCUT2D eigenvalue weighted by atomic mass is 10.3. The summed E-state index contributed by atoms with van der Waals surface area (Å²) in [5.74, 6) is 0.573. The van der Waals surface area contributed by atoms with Crippen LogP contribution >= 0.6 is 24.0 Å². The third kappa shape index (κ3) is 11.8. The number of methoxy groups -OCH3 is 1. The van der Waals surface area contributed by atoms with E-state index in [0.29, 0.717) is 19.1 Å². The normalized spacial score (nSPS) is 15.5. The molecule has 0 saturated carbocycles. The van der Waals surface area contributed by atoms with Gasteiger partial charge in [-0.25, -0.2) is 4.99 Å². The second-order valence-electron chi connectivity index (χ2n) is 5.27. The van der Waals surface area contributed by atoms with Crippen LogP contribution < -0.4 is 16.0 Å². The van der Waals surface area contributed by atoms with Crippen molar-refractivity contribution < 1.29 is 14.3 Å². The third-order valence-corrected chi connectivity index (χ3v) is 3.40. The first-order valence-corrected chi connectivity index (χ1v) is 8.34. The predicted octanol–water partition coefficient (Wildman–Crippen LogP) is -0.356. The monoisotopic (exact) mass is 457 g/mol. The summed E-state index contributed by atoms with van der Waals surface area (Å²) in [7, 11) is 1.61. The predicted molar refractivity (Wildman–Crippen MR) is 106 cm³/mol. The molecule has 142 valence electrons. The van der Waals surface area contributed by atoms with E-state index in [0.717, 1.165) is 52.4 Å². The van der Waals surface area contributed by atoms with Gasteiger partial charge in [0.1, 0.15) is 6.54 Å². The largest absolute Gasteiger partial charge is 0.383 e. The average Bonchev–Trinajstić information content (AvgIpc) is 2.57. The molecule has 1 saturated heterocycles. The number of nitrogens with one attached hydrogen (secondary N) is 3. The molecule has 1 amide bonds. The molecule has 0 aliphatic carbocycles. The molecule has 1 aliphatic rings. The topological polar surface area (TPSA) is 87.2 Å². The van der Waals surface area contributed by atoms with Gasteiger partial charge in [-0.3, -0.25) is 9.69 Å². The van der Waals surface area contributed by atoms with Crippen molar-refractivity contribution in [3.05, 3.63) is 0 Å². The minimum absolute atomic E-state index is 0. The van der Waals surface area contributed by atoms with Crippen molar-refractivity contribution in [3.63, 3.8) is 0 Å². The van der Waals surface area contributed by atoms with Gasteiger partial charge in [-0.05, 0) is 19.9 Å². The van der Waals surface area contributed by atoms with Crippen LogP contribution in [0.15, 0.2) is 4.99 Å². The van der Waals surface area contributed by atoms with Crippen molar-refractivity contribution in [1.29, 1.82) is 0 Å². The van der Waals surface area contributed by atoms with Crippen molar-refractivity contribution in [1.82, 2.24) is 20.9 Å². The van der Waals surface area contributed by atoms with Crippen molar-refractivity contribution in [2.75, 3.05) is 72.7 Å². The highest BCUT2D eigenvalue weighted by Crippen LogP contribution is 1.97. The SMILES string of the molecule is CCNC(=NCC(=O)NCCOC)NCCCN1CCOCC1.I. The number of ether oxygens (including phenoxy) is 2. The Balaban J connectivity index is 0.00000529. The number of morpholine rings is 1. The molecule has 0 aromatic carbocycles. The zero-order valence-corrected chi connectivity index (χ0v) is 17.1. The van der Waals surface area contributed by atoms with Crippen LogP contribution in [0, 0.1) is 0 Å². The maximum atomic E-state index is 11.6. The molecule has 0 bridgehead atoms. The fourth-order valence-corrected chi connectivity index (χ4v) is 2.18. The Hall–Kier alpha value is -0.650. The van der Waals surface area contributed by atoms with Gasteiger partial charge in [0.05, 0.1) is 19.8 Å². The van der Waals surface area contributed by atoms with Gasteiger partial charge in [0.15, 0.2) is 5.96 Å². The van der Waals surface area contributed by atoms with Crippen LogP contribution in [0.3, 0.4) is 0 Å². The number of rotatable bonds is 10. The molecule has 9 heteroatoms. The van der Waals surface area contributed by atoms with E-state index in [2.05, 4.69) is 25.8 Å². The van der Waals surface area contributed by atoms with E-state index in [1.165, 1.54) is 0 Å². The number of hydrogen-bond donors (Lipinski definition) is 3. The summed E-state index contributed by atoms with van der Waals surface area (Å²) in [5.41, 5.74) is 0. The molecule has 0 radical (unpaired) electrons.